The Balaban J connectivity index is 1.24. The van der Waals surface area contributed by atoms with Crippen molar-refractivity contribution in [1.82, 2.24) is 15.5 Å². The van der Waals surface area contributed by atoms with Gasteiger partial charge in [-0.3, -0.25) is 29.1 Å². The molecule has 0 aromatic rings. The van der Waals surface area contributed by atoms with Gasteiger partial charge in [0.05, 0.1) is 42.9 Å². The zero-order valence-electron chi connectivity index (χ0n) is 33.3. The molecule has 2 amide bonds. The van der Waals surface area contributed by atoms with Gasteiger partial charge in [-0.25, -0.2) is 0 Å². The molecule has 3 heterocycles. The number of fused-ring (bicyclic) bond motifs is 2. The summed E-state index contributed by atoms with van der Waals surface area (Å²) in [5, 5.41) is 74.2. The minimum Gasteiger partial charge on any atom is -0.396 e. The Morgan fingerprint density at radius 3 is 2.36 bits per heavy atom. The number of ether oxygens (including phenoxy) is 3. The number of guanidine groups is 1. The van der Waals surface area contributed by atoms with Crippen molar-refractivity contribution in [2.24, 2.45) is 63.8 Å². The molecule has 3 saturated carbocycles. The standard InChI is InChI=1S/C39H62N6O13/c1-17-10-21-31(33(51)29(17)23(7-9-46)44-38(41)42-2)34(52)30-22(32(21)50)12-20(56-3)13-24(30)57-37-35(53)36(54)39(55,25(16-47)58-37)14-19(18-6-8-43-26(40)11-18)15-45-27(48)4-5-28(45)49/h4-5,17-26,29-31,33,35-37,43,46-47,51,53-55H,6-16,40H2,1-3H3,(H3,41,42,44)/t17?,18?,19-,20?,21?,22?,23?,24?,25-,26?,29?,30?,31?,33?,35-,36-,37+,39-/m1/s1. The fourth-order valence-electron chi connectivity index (χ4n) is 11.1. The van der Waals surface area contributed by atoms with Gasteiger partial charge in [-0.2, -0.15) is 0 Å². The smallest absolute Gasteiger partial charge is 0.253 e. The van der Waals surface area contributed by atoms with Gasteiger partial charge in [-0.1, -0.05) is 6.92 Å². The van der Waals surface area contributed by atoms with E-state index in [1.807, 2.05) is 6.92 Å². The predicted octanol–water partition coefficient (Wildman–Crippen LogP) is -3.52. The Morgan fingerprint density at radius 2 is 1.74 bits per heavy atom. The number of aliphatic hydroxyl groups excluding tert-OH is 5. The lowest BCUT2D eigenvalue weighted by Crippen LogP contribution is -2.69. The number of amides is 2. The number of ketones is 2. The second kappa shape index (κ2) is 18.3. The molecule has 18 atom stereocenters. The SMILES string of the molecule is CN=C(N)NC(CCO)C1C(C)CC2C(=O)C3CC(OC)CC(O[C@H]4O[C@H](CO)[C@](O)(C[C@H](CN5C(=O)C=CC5=O)C5CCNC(N)C5)[C@H](O)[C@H]4O)C3C(=O)C2C1O. The van der Waals surface area contributed by atoms with Crippen molar-refractivity contribution >= 4 is 29.3 Å². The Labute approximate surface area is 337 Å². The normalized spacial score (nSPS) is 43.2. The van der Waals surface area contributed by atoms with Crippen LogP contribution in [0.25, 0.3) is 0 Å². The van der Waals surface area contributed by atoms with E-state index >= 15 is 0 Å². The average Bonchev–Trinajstić information content (AvgIpc) is 3.51. The molecule has 2 saturated heterocycles. The third-order valence-electron chi connectivity index (χ3n) is 14.0. The monoisotopic (exact) mass is 822 g/mol. The highest BCUT2D eigenvalue weighted by atomic mass is 16.7. The number of carbonyl (C=O) groups is 4. The van der Waals surface area contributed by atoms with Crippen LogP contribution in [0.15, 0.2) is 17.1 Å². The molecule has 19 heteroatoms. The lowest BCUT2D eigenvalue weighted by molar-refractivity contribution is -0.348. The van der Waals surface area contributed by atoms with Crippen molar-refractivity contribution in [2.45, 2.75) is 113 Å². The molecule has 12 unspecified atom stereocenters. The van der Waals surface area contributed by atoms with Crippen molar-refractivity contribution in [3.8, 4) is 0 Å². The van der Waals surface area contributed by atoms with Crippen molar-refractivity contribution in [1.29, 1.82) is 0 Å². The van der Waals surface area contributed by atoms with Crippen LogP contribution in [0, 0.1) is 47.3 Å². The number of nitrogens with one attached hydrogen (secondary N) is 2. The predicted molar refractivity (Wildman–Crippen MR) is 204 cm³/mol. The number of carbonyl (C=O) groups excluding carboxylic acids is 4. The molecular formula is C39H62N6O13. The van der Waals surface area contributed by atoms with E-state index in [1.165, 1.54) is 14.2 Å². The second-order valence-corrected chi connectivity index (χ2v) is 17.3. The molecule has 5 fully saturated rings. The second-order valence-electron chi connectivity index (χ2n) is 17.3. The molecule has 0 spiro atoms. The first-order valence-electron chi connectivity index (χ1n) is 20.5. The average molecular weight is 823 g/mol. The number of rotatable bonds is 13. The van der Waals surface area contributed by atoms with Crippen molar-refractivity contribution in [2.75, 3.05) is 40.5 Å². The fourth-order valence-corrected chi connectivity index (χ4v) is 11.1. The van der Waals surface area contributed by atoms with E-state index in [0.717, 1.165) is 17.1 Å². The number of hydrogen-bond donors (Lipinski definition) is 10. The molecule has 3 aliphatic heterocycles. The van der Waals surface area contributed by atoms with E-state index in [-0.39, 0.29) is 62.4 Å². The van der Waals surface area contributed by atoms with Crippen LogP contribution >= 0.6 is 0 Å². The van der Waals surface area contributed by atoms with Gasteiger partial charge < -0.3 is 67.0 Å². The van der Waals surface area contributed by atoms with Crippen molar-refractivity contribution in [3.05, 3.63) is 12.2 Å². The zero-order chi connectivity index (χ0) is 42.2. The molecule has 6 aliphatic rings. The number of Topliss-reactive ketones (excluding diaryl/α,β-unsaturated/α-hetero) is 2. The van der Waals surface area contributed by atoms with Crippen molar-refractivity contribution in [3.63, 3.8) is 0 Å². The Morgan fingerprint density at radius 1 is 1.05 bits per heavy atom. The van der Waals surface area contributed by atoms with Gasteiger partial charge in [0, 0.05) is 69.7 Å². The zero-order valence-corrected chi connectivity index (χ0v) is 33.3. The van der Waals surface area contributed by atoms with Gasteiger partial charge in [0.2, 0.25) is 0 Å². The maximum absolute atomic E-state index is 14.7. The van der Waals surface area contributed by atoms with Gasteiger partial charge in [-0.15, -0.1) is 0 Å². The molecule has 6 rings (SSSR count). The van der Waals surface area contributed by atoms with Gasteiger partial charge in [-0.05, 0) is 62.8 Å². The number of nitrogens with zero attached hydrogens (tertiary/aromatic N) is 2. The van der Waals surface area contributed by atoms with Gasteiger partial charge in [0.1, 0.15) is 35.5 Å². The van der Waals surface area contributed by atoms with Crippen molar-refractivity contribution < 1.29 is 64.0 Å². The Kier molecular flexibility index (Phi) is 14.1. The number of piperidine rings is 1. The van der Waals surface area contributed by atoms with Crippen LogP contribution in [-0.4, -0.2) is 166 Å². The third kappa shape index (κ3) is 8.50. The molecule has 12 N–H and O–H groups in total. The summed E-state index contributed by atoms with van der Waals surface area (Å²) < 4.78 is 18.1. The van der Waals surface area contributed by atoms with E-state index in [9.17, 15) is 49.8 Å². The highest BCUT2D eigenvalue weighted by Gasteiger charge is 2.62. The van der Waals surface area contributed by atoms with E-state index in [2.05, 4.69) is 15.6 Å². The summed E-state index contributed by atoms with van der Waals surface area (Å²) in [5.41, 5.74) is 9.87. The number of hydrogen-bond acceptors (Lipinski definition) is 16. The quantitative estimate of drug-likeness (QED) is 0.0489. The number of aliphatic imine (C=N–C) groups is 1. The van der Waals surface area contributed by atoms with Gasteiger partial charge >= 0.3 is 0 Å². The first-order chi connectivity index (χ1) is 27.6. The van der Waals surface area contributed by atoms with Gasteiger partial charge in [0.25, 0.3) is 11.8 Å². The molecule has 58 heavy (non-hydrogen) atoms. The summed E-state index contributed by atoms with van der Waals surface area (Å²) in [5.74, 6) is -7.08. The number of imide groups is 1. The molecule has 0 aromatic carbocycles. The topological polar surface area (TPSA) is 309 Å². The Hall–Kier alpha value is -2.95. The Bertz CT molecular complexity index is 1560. The van der Waals surface area contributed by atoms with E-state index in [4.69, 9.17) is 25.7 Å². The maximum Gasteiger partial charge on any atom is 0.253 e. The summed E-state index contributed by atoms with van der Waals surface area (Å²) in [7, 11) is 2.96. The summed E-state index contributed by atoms with van der Waals surface area (Å²) >= 11 is 0. The van der Waals surface area contributed by atoms with Gasteiger partial charge in [0.15, 0.2) is 12.2 Å². The van der Waals surface area contributed by atoms with Crippen LogP contribution in [0.2, 0.25) is 0 Å². The third-order valence-corrected chi connectivity index (χ3v) is 14.0. The van der Waals surface area contributed by atoms with Crippen LogP contribution < -0.4 is 22.1 Å². The summed E-state index contributed by atoms with van der Waals surface area (Å²) in [6.07, 6.45) is -6.67. The largest absolute Gasteiger partial charge is 0.396 e. The minimum absolute atomic E-state index is 0.0862. The van der Waals surface area contributed by atoms with Crippen LogP contribution in [0.5, 0.6) is 0 Å². The molecule has 3 aliphatic carbocycles. The van der Waals surface area contributed by atoms with E-state index in [0.29, 0.717) is 25.8 Å². The fraction of sp³-hybridized carbons (Fsp3) is 0.821. The maximum atomic E-state index is 14.7. The van der Waals surface area contributed by atoms with Crippen LogP contribution in [0.4, 0.5) is 0 Å². The van der Waals surface area contributed by atoms with Crippen LogP contribution in [-0.2, 0) is 33.4 Å². The number of aliphatic hydroxyl groups is 6. The van der Waals surface area contributed by atoms with E-state index < -0.39 is 120 Å². The van der Waals surface area contributed by atoms with E-state index in [1.54, 1.807) is 0 Å². The molecule has 0 radical (unpaired) electrons. The van der Waals surface area contributed by atoms with Crippen LogP contribution in [0.3, 0.4) is 0 Å². The molecule has 326 valence electrons. The number of nitrogens with two attached hydrogens (primary N) is 2. The first kappa shape index (κ1) is 44.6. The minimum atomic E-state index is -2.30. The lowest BCUT2D eigenvalue weighted by Gasteiger charge is -2.54. The summed E-state index contributed by atoms with van der Waals surface area (Å²) in [6, 6.07) is -0.558. The van der Waals surface area contributed by atoms with Crippen LogP contribution in [0.1, 0.15) is 51.9 Å². The highest BCUT2D eigenvalue weighted by molar-refractivity contribution is 6.12. The summed E-state index contributed by atoms with van der Waals surface area (Å²) in [4.78, 5) is 59.2. The summed E-state index contributed by atoms with van der Waals surface area (Å²) in [6.45, 7) is 1.24. The molecule has 19 nitrogen and oxygen atoms in total. The molecule has 0 aromatic heterocycles. The lowest BCUT2D eigenvalue weighted by atomic mass is 9.53. The number of methoxy groups -OCH3 is 1. The first-order valence-corrected chi connectivity index (χ1v) is 20.5. The molecule has 0 bridgehead atoms. The highest BCUT2D eigenvalue weighted by Crippen LogP contribution is 2.51. The molecular weight excluding hydrogens is 760 g/mol.